The summed E-state index contributed by atoms with van der Waals surface area (Å²) >= 11 is 0. The Kier molecular flexibility index (Phi) is 4.76. The van der Waals surface area contributed by atoms with Crippen LogP contribution in [0.5, 0.6) is 0 Å². The van der Waals surface area contributed by atoms with Gasteiger partial charge in [0.25, 0.3) is 5.91 Å². The van der Waals surface area contributed by atoms with E-state index in [1.54, 1.807) is 15.9 Å². The minimum Gasteiger partial charge on any atom is -0.444 e. The molecule has 2 aliphatic rings. The number of nitrogens with zero attached hydrogens (tertiary/aromatic N) is 5. The second-order valence-electron chi connectivity index (χ2n) is 8.45. The number of ether oxygens (including phenoxy) is 1. The molecular weight excluding hydrogens is 377 g/mol. The lowest BCUT2D eigenvalue weighted by Gasteiger charge is -2.53. The number of carbonyl (C=O) groups excluding carboxylic acids is 2. The molecule has 154 valence electrons. The van der Waals surface area contributed by atoms with E-state index in [9.17, 15) is 14.0 Å². The SMILES string of the molecule is CC(C)(C)OC(=O)N1CCC2CN(C(=O)c3cccc(F)c3-n3nccn3)C2C1. The molecule has 0 spiro atoms. The number of fused-ring (bicyclic) bond motifs is 1. The Labute approximate surface area is 168 Å². The van der Waals surface area contributed by atoms with Crippen molar-refractivity contribution in [3.05, 3.63) is 42.0 Å². The number of halogens is 1. The van der Waals surface area contributed by atoms with Gasteiger partial charge in [-0.15, -0.1) is 4.80 Å². The number of benzene rings is 1. The highest BCUT2D eigenvalue weighted by Gasteiger charge is 2.47. The smallest absolute Gasteiger partial charge is 0.410 e. The van der Waals surface area contributed by atoms with Gasteiger partial charge in [0.15, 0.2) is 5.82 Å². The molecule has 2 atom stereocenters. The summed E-state index contributed by atoms with van der Waals surface area (Å²) in [6, 6.07) is 4.25. The monoisotopic (exact) mass is 401 g/mol. The van der Waals surface area contributed by atoms with E-state index in [4.69, 9.17) is 4.74 Å². The molecule has 2 amide bonds. The summed E-state index contributed by atoms with van der Waals surface area (Å²) in [4.78, 5) is 30.1. The summed E-state index contributed by atoms with van der Waals surface area (Å²) in [6.45, 7) is 7.09. The van der Waals surface area contributed by atoms with Crippen molar-refractivity contribution in [2.45, 2.75) is 38.8 Å². The van der Waals surface area contributed by atoms with Crippen molar-refractivity contribution in [1.82, 2.24) is 24.8 Å². The van der Waals surface area contributed by atoms with Crippen molar-refractivity contribution in [1.29, 1.82) is 0 Å². The molecule has 9 heteroatoms. The van der Waals surface area contributed by atoms with Crippen molar-refractivity contribution in [3.8, 4) is 5.69 Å². The molecule has 8 nitrogen and oxygen atoms in total. The van der Waals surface area contributed by atoms with Gasteiger partial charge in [0, 0.05) is 25.6 Å². The molecule has 2 aromatic rings. The predicted octanol–water partition coefficient (Wildman–Crippen LogP) is 2.49. The third-order valence-electron chi connectivity index (χ3n) is 5.30. The number of carbonyl (C=O) groups is 2. The summed E-state index contributed by atoms with van der Waals surface area (Å²) in [7, 11) is 0. The maximum Gasteiger partial charge on any atom is 0.410 e. The van der Waals surface area contributed by atoms with E-state index in [0.29, 0.717) is 25.6 Å². The molecule has 29 heavy (non-hydrogen) atoms. The number of rotatable bonds is 2. The first-order valence-electron chi connectivity index (χ1n) is 9.69. The lowest BCUT2D eigenvalue weighted by Crippen LogP contribution is -2.66. The zero-order valence-corrected chi connectivity index (χ0v) is 16.7. The number of para-hydroxylation sites is 1. The Morgan fingerprint density at radius 1 is 1.17 bits per heavy atom. The molecule has 0 aliphatic carbocycles. The number of hydrogen-bond donors (Lipinski definition) is 0. The number of amides is 2. The van der Waals surface area contributed by atoms with E-state index in [-0.39, 0.29) is 29.3 Å². The van der Waals surface area contributed by atoms with E-state index in [2.05, 4.69) is 10.2 Å². The fourth-order valence-electron chi connectivity index (χ4n) is 3.90. The molecule has 1 aromatic heterocycles. The zero-order valence-electron chi connectivity index (χ0n) is 16.7. The van der Waals surface area contributed by atoms with Crippen LogP contribution in [0.3, 0.4) is 0 Å². The van der Waals surface area contributed by atoms with E-state index >= 15 is 0 Å². The summed E-state index contributed by atoms with van der Waals surface area (Å²) < 4.78 is 19.9. The molecule has 0 N–H and O–H groups in total. The molecule has 4 rings (SSSR count). The van der Waals surface area contributed by atoms with Crippen molar-refractivity contribution >= 4 is 12.0 Å². The second kappa shape index (κ2) is 7.13. The van der Waals surface area contributed by atoms with Crippen LogP contribution in [0.1, 0.15) is 37.6 Å². The van der Waals surface area contributed by atoms with Gasteiger partial charge in [0.2, 0.25) is 0 Å². The second-order valence-corrected chi connectivity index (χ2v) is 8.45. The lowest BCUT2D eigenvalue weighted by atomic mass is 9.82. The molecule has 2 unspecified atom stereocenters. The van der Waals surface area contributed by atoms with Gasteiger partial charge in [-0.2, -0.15) is 10.2 Å². The van der Waals surface area contributed by atoms with Gasteiger partial charge in [-0.05, 0) is 39.3 Å². The van der Waals surface area contributed by atoms with Gasteiger partial charge < -0.3 is 14.5 Å². The standard InChI is InChI=1S/C20H24FN5O3/c1-20(2,3)29-19(28)24-10-7-13-11-25(16(13)12-24)18(27)14-5-4-6-15(21)17(14)26-22-8-9-23-26/h4-6,8-9,13,16H,7,10-12H2,1-3H3. The highest BCUT2D eigenvalue weighted by molar-refractivity contribution is 5.98. The third-order valence-corrected chi connectivity index (χ3v) is 5.30. The Bertz CT molecular complexity index is 925. The van der Waals surface area contributed by atoms with Crippen molar-refractivity contribution in [2.75, 3.05) is 19.6 Å². The van der Waals surface area contributed by atoms with Crippen molar-refractivity contribution < 1.29 is 18.7 Å². The van der Waals surface area contributed by atoms with Crippen molar-refractivity contribution in [3.63, 3.8) is 0 Å². The summed E-state index contributed by atoms with van der Waals surface area (Å²) in [5, 5.41) is 7.94. The van der Waals surface area contributed by atoms with Gasteiger partial charge in [-0.25, -0.2) is 9.18 Å². The van der Waals surface area contributed by atoms with E-state index in [1.165, 1.54) is 24.5 Å². The molecule has 0 radical (unpaired) electrons. The van der Waals surface area contributed by atoms with Crippen LogP contribution in [0, 0.1) is 11.7 Å². The van der Waals surface area contributed by atoms with E-state index in [0.717, 1.165) is 11.2 Å². The fourth-order valence-corrected chi connectivity index (χ4v) is 3.90. The number of likely N-dealkylation sites (tertiary alicyclic amines) is 2. The average Bonchev–Trinajstić information content (AvgIpc) is 3.15. The molecule has 0 saturated carbocycles. The highest BCUT2D eigenvalue weighted by Crippen LogP contribution is 2.35. The molecule has 2 aliphatic heterocycles. The normalized spacial score (nSPS) is 21.4. The first-order chi connectivity index (χ1) is 13.7. The zero-order chi connectivity index (χ0) is 20.8. The predicted molar refractivity (Wildman–Crippen MR) is 102 cm³/mol. The topological polar surface area (TPSA) is 80.6 Å². The molecular formula is C20H24FN5O3. The van der Waals surface area contributed by atoms with E-state index < -0.39 is 11.4 Å². The minimum atomic E-state index is -0.573. The Morgan fingerprint density at radius 2 is 1.90 bits per heavy atom. The first-order valence-corrected chi connectivity index (χ1v) is 9.69. The number of aromatic nitrogens is 3. The largest absolute Gasteiger partial charge is 0.444 e. The van der Waals surface area contributed by atoms with Gasteiger partial charge in [0.1, 0.15) is 11.3 Å². The van der Waals surface area contributed by atoms with Gasteiger partial charge >= 0.3 is 6.09 Å². The fraction of sp³-hybridized carbons (Fsp3) is 0.500. The van der Waals surface area contributed by atoms with Crippen LogP contribution in [-0.4, -0.2) is 68.1 Å². The van der Waals surface area contributed by atoms with Crippen LogP contribution in [0.2, 0.25) is 0 Å². The van der Waals surface area contributed by atoms with E-state index in [1.807, 2.05) is 20.8 Å². The Hall–Kier alpha value is -2.97. The Morgan fingerprint density at radius 3 is 2.59 bits per heavy atom. The molecule has 1 aromatic carbocycles. The van der Waals surface area contributed by atoms with Crippen LogP contribution in [0.25, 0.3) is 5.69 Å². The Balaban J connectivity index is 1.53. The summed E-state index contributed by atoms with van der Waals surface area (Å²) in [6.07, 6.45) is 3.30. The highest BCUT2D eigenvalue weighted by atomic mass is 19.1. The van der Waals surface area contributed by atoms with Crippen LogP contribution in [0.15, 0.2) is 30.6 Å². The van der Waals surface area contributed by atoms with Crippen LogP contribution >= 0.6 is 0 Å². The number of hydrogen-bond acceptors (Lipinski definition) is 5. The third kappa shape index (κ3) is 3.68. The lowest BCUT2D eigenvalue weighted by molar-refractivity contribution is -0.0385. The molecule has 3 heterocycles. The summed E-state index contributed by atoms with van der Waals surface area (Å²) in [5.74, 6) is -0.523. The van der Waals surface area contributed by atoms with Gasteiger partial charge in [0.05, 0.1) is 24.0 Å². The van der Waals surface area contributed by atoms with Crippen LogP contribution in [0.4, 0.5) is 9.18 Å². The number of piperidine rings is 1. The first kappa shape index (κ1) is 19.4. The molecule has 0 bridgehead atoms. The minimum absolute atomic E-state index is 0.0331. The van der Waals surface area contributed by atoms with Gasteiger partial charge in [-0.3, -0.25) is 4.79 Å². The maximum atomic E-state index is 14.5. The summed E-state index contributed by atoms with van der Waals surface area (Å²) in [5.41, 5.74) is -0.337. The van der Waals surface area contributed by atoms with Crippen LogP contribution < -0.4 is 0 Å². The maximum absolute atomic E-state index is 14.5. The van der Waals surface area contributed by atoms with Crippen molar-refractivity contribution in [2.24, 2.45) is 5.92 Å². The molecule has 2 fully saturated rings. The quantitative estimate of drug-likeness (QED) is 0.772. The average molecular weight is 401 g/mol. The molecule has 2 saturated heterocycles. The van der Waals surface area contributed by atoms with Crippen LogP contribution in [-0.2, 0) is 4.74 Å². The van der Waals surface area contributed by atoms with Gasteiger partial charge in [-0.1, -0.05) is 6.07 Å².